The van der Waals surface area contributed by atoms with Crippen LogP contribution in [0.4, 0.5) is 5.69 Å². The first-order valence-corrected chi connectivity index (χ1v) is 7.23. The van der Waals surface area contributed by atoms with Crippen LogP contribution in [0.1, 0.15) is 12.5 Å². The van der Waals surface area contributed by atoms with Crippen LogP contribution in [0, 0.1) is 0 Å². The molecule has 20 heavy (non-hydrogen) atoms. The molecule has 0 unspecified atom stereocenters. The Labute approximate surface area is 122 Å². The lowest BCUT2D eigenvalue weighted by Crippen LogP contribution is -2.24. The van der Waals surface area contributed by atoms with E-state index in [9.17, 15) is 0 Å². The van der Waals surface area contributed by atoms with E-state index in [-0.39, 0.29) is 0 Å². The highest BCUT2D eigenvalue weighted by Crippen LogP contribution is 2.19. The fourth-order valence-electron chi connectivity index (χ4n) is 1.97. The van der Waals surface area contributed by atoms with Crippen molar-refractivity contribution in [3.63, 3.8) is 0 Å². The summed E-state index contributed by atoms with van der Waals surface area (Å²) in [7, 11) is 3.77. The van der Waals surface area contributed by atoms with E-state index in [1.807, 2.05) is 0 Å². The van der Waals surface area contributed by atoms with E-state index in [0.717, 1.165) is 13.0 Å². The van der Waals surface area contributed by atoms with Crippen molar-refractivity contribution in [3.8, 4) is 0 Å². The molecule has 0 saturated carbocycles. The Morgan fingerprint density at radius 2 is 1.60 bits per heavy atom. The van der Waals surface area contributed by atoms with E-state index < -0.39 is 0 Å². The van der Waals surface area contributed by atoms with Crippen LogP contribution < -0.4 is 4.90 Å². The van der Waals surface area contributed by atoms with Gasteiger partial charge < -0.3 is 19.1 Å². The normalized spacial score (nSPS) is 10.8. The Morgan fingerprint density at radius 3 is 2.30 bits per heavy atom. The fourth-order valence-corrected chi connectivity index (χ4v) is 1.97. The maximum Gasteiger partial charge on any atom is 0.0701 e. The molecule has 0 spiro atoms. The first-order chi connectivity index (χ1) is 9.79. The van der Waals surface area contributed by atoms with Gasteiger partial charge in [0, 0.05) is 26.4 Å². The molecule has 0 aliphatic carbocycles. The van der Waals surface area contributed by atoms with Gasteiger partial charge in [-0.05, 0) is 18.1 Å². The van der Waals surface area contributed by atoms with Gasteiger partial charge in [-0.3, -0.25) is 0 Å². The number of nitrogens with zero attached hydrogens (tertiary/aromatic N) is 1. The Bertz CT molecular complexity index is 357. The maximum atomic E-state index is 5.57. The van der Waals surface area contributed by atoms with Gasteiger partial charge in [0.2, 0.25) is 0 Å². The van der Waals surface area contributed by atoms with Gasteiger partial charge in [0.15, 0.2) is 0 Å². The predicted octanol–water partition coefficient (Wildman–Crippen LogP) is 2.36. The van der Waals surface area contributed by atoms with Crippen molar-refractivity contribution in [2.75, 3.05) is 58.6 Å². The van der Waals surface area contributed by atoms with Crippen molar-refractivity contribution in [1.29, 1.82) is 0 Å². The molecule has 4 nitrogen and oxygen atoms in total. The molecule has 0 fully saturated rings. The smallest absolute Gasteiger partial charge is 0.0701 e. The summed E-state index contributed by atoms with van der Waals surface area (Å²) in [4.78, 5) is 2.24. The van der Waals surface area contributed by atoms with Gasteiger partial charge in [0.25, 0.3) is 0 Å². The zero-order valence-electron chi connectivity index (χ0n) is 12.9. The van der Waals surface area contributed by atoms with Gasteiger partial charge in [0.05, 0.1) is 33.0 Å². The number of aryl methyl sites for hydroxylation is 1. The molecular formula is C16H27NO3. The van der Waals surface area contributed by atoms with E-state index >= 15 is 0 Å². The second-order valence-corrected chi connectivity index (χ2v) is 4.62. The molecule has 0 aliphatic heterocycles. The van der Waals surface area contributed by atoms with Gasteiger partial charge in [-0.25, -0.2) is 0 Å². The van der Waals surface area contributed by atoms with Crippen molar-refractivity contribution in [2.24, 2.45) is 0 Å². The monoisotopic (exact) mass is 281 g/mol. The molecule has 0 atom stereocenters. The van der Waals surface area contributed by atoms with Crippen LogP contribution in [-0.2, 0) is 20.6 Å². The summed E-state index contributed by atoms with van der Waals surface area (Å²) in [5.74, 6) is 0. The van der Waals surface area contributed by atoms with Crippen molar-refractivity contribution >= 4 is 5.69 Å². The molecule has 0 saturated heterocycles. The number of para-hydroxylation sites is 1. The summed E-state index contributed by atoms with van der Waals surface area (Å²) < 4.78 is 15.8. The lowest BCUT2D eigenvalue weighted by molar-refractivity contribution is 0.0266. The number of anilines is 1. The number of rotatable bonds is 11. The van der Waals surface area contributed by atoms with Gasteiger partial charge in [0.1, 0.15) is 0 Å². The Morgan fingerprint density at radius 1 is 0.950 bits per heavy atom. The summed E-state index contributed by atoms with van der Waals surface area (Å²) in [5, 5.41) is 0. The number of hydrogen-bond donors (Lipinski definition) is 0. The third-order valence-corrected chi connectivity index (χ3v) is 3.16. The number of methoxy groups -OCH3 is 1. The molecule has 0 aliphatic rings. The average molecular weight is 281 g/mol. The first kappa shape index (κ1) is 17.0. The van der Waals surface area contributed by atoms with Crippen LogP contribution in [0.15, 0.2) is 24.3 Å². The van der Waals surface area contributed by atoms with Crippen molar-refractivity contribution in [1.82, 2.24) is 0 Å². The van der Waals surface area contributed by atoms with Crippen LogP contribution in [0.5, 0.6) is 0 Å². The lowest BCUT2D eigenvalue weighted by Gasteiger charge is -2.22. The predicted molar refractivity (Wildman–Crippen MR) is 82.6 cm³/mol. The van der Waals surface area contributed by atoms with E-state index in [4.69, 9.17) is 14.2 Å². The standard InChI is InChI=1S/C16H27NO3/c1-4-15-7-5-6-8-16(15)17(2)9-10-19-13-14-20-12-11-18-3/h5-8H,4,9-14H2,1-3H3. The molecule has 1 rings (SSSR count). The van der Waals surface area contributed by atoms with Crippen molar-refractivity contribution < 1.29 is 14.2 Å². The minimum Gasteiger partial charge on any atom is -0.382 e. The van der Waals surface area contributed by atoms with Gasteiger partial charge >= 0.3 is 0 Å². The Balaban J connectivity index is 2.15. The Hall–Kier alpha value is -1.10. The molecule has 0 aromatic heterocycles. The van der Waals surface area contributed by atoms with E-state index in [2.05, 4.69) is 43.1 Å². The third kappa shape index (κ3) is 6.37. The summed E-state index contributed by atoms with van der Waals surface area (Å²) in [5.41, 5.74) is 2.66. The highest BCUT2D eigenvalue weighted by molar-refractivity contribution is 5.52. The number of ether oxygens (including phenoxy) is 3. The summed E-state index contributed by atoms with van der Waals surface area (Å²) in [6, 6.07) is 8.50. The highest BCUT2D eigenvalue weighted by atomic mass is 16.5. The fraction of sp³-hybridized carbons (Fsp3) is 0.625. The summed E-state index contributed by atoms with van der Waals surface area (Å²) >= 11 is 0. The van der Waals surface area contributed by atoms with E-state index in [1.165, 1.54) is 11.3 Å². The number of hydrogen-bond acceptors (Lipinski definition) is 4. The molecule has 1 aromatic rings. The summed E-state index contributed by atoms with van der Waals surface area (Å²) in [6.45, 7) is 6.30. The molecule has 0 amide bonds. The van der Waals surface area contributed by atoms with Crippen molar-refractivity contribution in [2.45, 2.75) is 13.3 Å². The highest BCUT2D eigenvalue weighted by Gasteiger charge is 2.04. The van der Waals surface area contributed by atoms with E-state index in [0.29, 0.717) is 33.0 Å². The zero-order valence-corrected chi connectivity index (χ0v) is 12.9. The van der Waals surface area contributed by atoms with Gasteiger partial charge in [-0.1, -0.05) is 25.1 Å². The topological polar surface area (TPSA) is 30.9 Å². The minimum absolute atomic E-state index is 0.624. The van der Waals surface area contributed by atoms with Gasteiger partial charge in [-0.2, -0.15) is 0 Å². The molecule has 0 bridgehead atoms. The number of likely N-dealkylation sites (N-methyl/N-ethyl adjacent to an activating group) is 1. The van der Waals surface area contributed by atoms with Crippen LogP contribution in [0.2, 0.25) is 0 Å². The molecule has 1 aromatic carbocycles. The van der Waals surface area contributed by atoms with Crippen LogP contribution >= 0.6 is 0 Å². The summed E-state index contributed by atoms with van der Waals surface area (Å²) in [6.07, 6.45) is 1.05. The van der Waals surface area contributed by atoms with E-state index in [1.54, 1.807) is 7.11 Å². The maximum absolute atomic E-state index is 5.57. The molecular weight excluding hydrogens is 254 g/mol. The molecule has 114 valence electrons. The second-order valence-electron chi connectivity index (χ2n) is 4.62. The van der Waals surface area contributed by atoms with Crippen LogP contribution in [0.25, 0.3) is 0 Å². The first-order valence-electron chi connectivity index (χ1n) is 7.23. The lowest BCUT2D eigenvalue weighted by atomic mass is 10.1. The number of benzene rings is 1. The van der Waals surface area contributed by atoms with Crippen molar-refractivity contribution in [3.05, 3.63) is 29.8 Å². The van der Waals surface area contributed by atoms with Crippen LogP contribution in [0.3, 0.4) is 0 Å². The Kier molecular flexibility index (Phi) is 9.04. The molecule has 0 N–H and O–H groups in total. The zero-order chi connectivity index (χ0) is 14.6. The largest absolute Gasteiger partial charge is 0.382 e. The molecule has 0 radical (unpaired) electrons. The molecule has 4 heteroatoms. The third-order valence-electron chi connectivity index (χ3n) is 3.16. The molecule has 0 heterocycles. The van der Waals surface area contributed by atoms with Crippen LogP contribution in [-0.4, -0.2) is 53.7 Å². The second kappa shape index (κ2) is 10.7. The van der Waals surface area contributed by atoms with Gasteiger partial charge in [-0.15, -0.1) is 0 Å². The average Bonchev–Trinajstić information content (AvgIpc) is 2.49. The SMILES string of the molecule is CCc1ccccc1N(C)CCOCCOCCOC. The minimum atomic E-state index is 0.624. The quantitative estimate of drug-likeness (QED) is 0.583.